The third-order valence-corrected chi connectivity index (χ3v) is 3.77. The maximum atomic E-state index is 3.47. The SMILES string of the molecule is CCCN(CC)CCN1CCC(CNCC)C1. The molecule has 1 N–H and O–H groups in total. The summed E-state index contributed by atoms with van der Waals surface area (Å²) in [7, 11) is 0. The molecule has 0 bridgehead atoms. The molecule has 0 saturated carbocycles. The molecule has 1 aliphatic heterocycles. The summed E-state index contributed by atoms with van der Waals surface area (Å²) < 4.78 is 0. The normalized spacial score (nSPS) is 21.5. The third-order valence-electron chi connectivity index (χ3n) is 3.77. The van der Waals surface area contributed by atoms with Crippen molar-refractivity contribution in [2.45, 2.75) is 33.6 Å². The molecular weight excluding hydrogens is 210 g/mol. The van der Waals surface area contributed by atoms with Gasteiger partial charge in [-0.1, -0.05) is 20.8 Å². The van der Waals surface area contributed by atoms with Gasteiger partial charge in [-0.05, 0) is 51.5 Å². The van der Waals surface area contributed by atoms with Gasteiger partial charge in [-0.25, -0.2) is 0 Å². The summed E-state index contributed by atoms with van der Waals surface area (Å²) in [5, 5.41) is 3.47. The van der Waals surface area contributed by atoms with Gasteiger partial charge in [-0.3, -0.25) is 0 Å². The van der Waals surface area contributed by atoms with Gasteiger partial charge in [0.25, 0.3) is 0 Å². The van der Waals surface area contributed by atoms with Crippen molar-refractivity contribution >= 4 is 0 Å². The number of likely N-dealkylation sites (N-methyl/N-ethyl adjacent to an activating group) is 1. The molecule has 0 radical (unpaired) electrons. The maximum absolute atomic E-state index is 3.47. The molecule has 1 aliphatic rings. The second-order valence-electron chi connectivity index (χ2n) is 5.20. The molecule has 3 heteroatoms. The first-order chi connectivity index (χ1) is 8.30. The van der Waals surface area contributed by atoms with Gasteiger partial charge in [0.1, 0.15) is 0 Å². The van der Waals surface area contributed by atoms with E-state index < -0.39 is 0 Å². The fourth-order valence-electron chi connectivity index (χ4n) is 2.66. The minimum absolute atomic E-state index is 0.885. The molecular formula is C14H31N3. The van der Waals surface area contributed by atoms with E-state index in [4.69, 9.17) is 0 Å². The van der Waals surface area contributed by atoms with E-state index in [1.807, 2.05) is 0 Å². The first kappa shape index (κ1) is 14.9. The minimum Gasteiger partial charge on any atom is -0.317 e. The van der Waals surface area contributed by atoms with E-state index in [0.29, 0.717) is 0 Å². The molecule has 0 spiro atoms. The highest BCUT2D eigenvalue weighted by molar-refractivity contribution is 4.77. The van der Waals surface area contributed by atoms with Crippen LogP contribution in [0, 0.1) is 5.92 Å². The van der Waals surface area contributed by atoms with Crippen LogP contribution in [0.25, 0.3) is 0 Å². The number of likely N-dealkylation sites (tertiary alicyclic amines) is 1. The molecule has 1 atom stereocenters. The highest BCUT2D eigenvalue weighted by Gasteiger charge is 2.21. The van der Waals surface area contributed by atoms with Crippen molar-refractivity contribution in [3.63, 3.8) is 0 Å². The molecule has 1 unspecified atom stereocenters. The van der Waals surface area contributed by atoms with Gasteiger partial charge in [0, 0.05) is 19.6 Å². The number of nitrogens with zero attached hydrogens (tertiary/aromatic N) is 2. The quantitative estimate of drug-likeness (QED) is 0.662. The van der Waals surface area contributed by atoms with Crippen LogP contribution >= 0.6 is 0 Å². The zero-order valence-corrected chi connectivity index (χ0v) is 12.0. The summed E-state index contributed by atoms with van der Waals surface area (Å²) >= 11 is 0. The van der Waals surface area contributed by atoms with Crippen molar-refractivity contribution in [1.82, 2.24) is 15.1 Å². The summed E-state index contributed by atoms with van der Waals surface area (Å²) in [4.78, 5) is 5.21. The van der Waals surface area contributed by atoms with Crippen LogP contribution in [0.1, 0.15) is 33.6 Å². The fraction of sp³-hybridized carbons (Fsp3) is 1.00. The summed E-state index contributed by atoms with van der Waals surface area (Å²) in [5.74, 6) is 0.885. The van der Waals surface area contributed by atoms with Crippen molar-refractivity contribution in [1.29, 1.82) is 0 Å². The summed E-state index contributed by atoms with van der Waals surface area (Å²) in [6, 6.07) is 0. The predicted molar refractivity (Wildman–Crippen MR) is 75.5 cm³/mol. The van der Waals surface area contributed by atoms with E-state index in [2.05, 4.69) is 35.9 Å². The van der Waals surface area contributed by atoms with E-state index in [0.717, 1.165) is 12.5 Å². The van der Waals surface area contributed by atoms with Crippen LogP contribution in [-0.2, 0) is 0 Å². The van der Waals surface area contributed by atoms with E-state index in [1.165, 1.54) is 58.7 Å². The highest BCUT2D eigenvalue weighted by atomic mass is 15.2. The van der Waals surface area contributed by atoms with Gasteiger partial charge >= 0.3 is 0 Å². The lowest BCUT2D eigenvalue weighted by Gasteiger charge is -2.23. The largest absolute Gasteiger partial charge is 0.317 e. The zero-order chi connectivity index (χ0) is 12.5. The fourth-order valence-corrected chi connectivity index (χ4v) is 2.66. The summed E-state index contributed by atoms with van der Waals surface area (Å²) in [6.07, 6.45) is 2.66. The van der Waals surface area contributed by atoms with Crippen LogP contribution in [0.3, 0.4) is 0 Å². The summed E-state index contributed by atoms with van der Waals surface area (Å²) in [5.41, 5.74) is 0. The molecule has 0 aromatic carbocycles. The first-order valence-electron chi connectivity index (χ1n) is 7.45. The van der Waals surface area contributed by atoms with Gasteiger partial charge in [-0.2, -0.15) is 0 Å². The molecule has 1 fully saturated rings. The zero-order valence-electron chi connectivity index (χ0n) is 12.0. The Morgan fingerprint density at radius 3 is 2.71 bits per heavy atom. The lowest BCUT2D eigenvalue weighted by Crippen LogP contribution is -2.35. The number of rotatable bonds is 9. The predicted octanol–water partition coefficient (Wildman–Crippen LogP) is 1.65. The van der Waals surface area contributed by atoms with Crippen LogP contribution < -0.4 is 5.32 Å². The van der Waals surface area contributed by atoms with Crippen LogP contribution in [0.2, 0.25) is 0 Å². The molecule has 0 amide bonds. The maximum Gasteiger partial charge on any atom is 0.0109 e. The second kappa shape index (κ2) is 8.90. The average Bonchev–Trinajstić information content (AvgIpc) is 2.80. The number of hydrogen-bond acceptors (Lipinski definition) is 3. The molecule has 0 aromatic heterocycles. The molecule has 102 valence electrons. The van der Waals surface area contributed by atoms with Crippen molar-refractivity contribution in [2.24, 2.45) is 5.92 Å². The van der Waals surface area contributed by atoms with Crippen molar-refractivity contribution in [3.8, 4) is 0 Å². The van der Waals surface area contributed by atoms with Crippen molar-refractivity contribution in [3.05, 3.63) is 0 Å². The Morgan fingerprint density at radius 2 is 2.06 bits per heavy atom. The summed E-state index contributed by atoms with van der Waals surface area (Å²) in [6.45, 7) is 16.6. The van der Waals surface area contributed by atoms with Gasteiger partial charge in [0.2, 0.25) is 0 Å². The highest BCUT2D eigenvalue weighted by Crippen LogP contribution is 2.14. The Kier molecular flexibility index (Phi) is 7.82. The lowest BCUT2D eigenvalue weighted by atomic mass is 10.1. The molecule has 0 aromatic rings. The standard InChI is InChI=1S/C14H31N3/c1-4-8-16(6-3)10-11-17-9-7-14(13-17)12-15-5-2/h14-15H,4-13H2,1-3H3. The van der Waals surface area contributed by atoms with Crippen LogP contribution in [-0.4, -0.2) is 62.2 Å². The van der Waals surface area contributed by atoms with Gasteiger partial charge in [0.05, 0.1) is 0 Å². The monoisotopic (exact) mass is 241 g/mol. The Bertz CT molecular complexity index is 184. The van der Waals surface area contributed by atoms with E-state index in [9.17, 15) is 0 Å². The van der Waals surface area contributed by atoms with E-state index in [1.54, 1.807) is 0 Å². The lowest BCUT2D eigenvalue weighted by molar-refractivity contribution is 0.229. The van der Waals surface area contributed by atoms with Gasteiger partial charge in [-0.15, -0.1) is 0 Å². The second-order valence-corrected chi connectivity index (χ2v) is 5.20. The topological polar surface area (TPSA) is 18.5 Å². The Hall–Kier alpha value is -0.120. The average molecular weight is 241 g/mol. The smallest absolute Gasteiger partial charge is 0.0109 e. The van der Waals surface area contributed by atoms with Gasteiger partial charge < -0.3 is 15.1 Å². The van der Waals surface area contributed by atoms with Crippen LogP contribution in [0.4, 0.5) is 0 Å². The molecule has 0 aliphatic carbocycles. The Balaban J connectivity index is 2.12. The Labute approximate surface area is 108 Å². The minimum atomic E-state index is 0.885. The van der Waals surface area contributed by atoms with Crippen molar-refractivity contribution < 1.29 is 0 Å². The van der Waals surface area contributed by atoms with Gasteiger partial charge in [0.15, 0.2) is 0 Å². The molecule has 1 rings (SSSR count). The van der Waals surface area contributed by atoms with Crippen LogP contribution in [0.5, 0.6) is 0 Å². The number of nitrogens with one attached hydrogen (secondary N) is 1. The molecule has 17 heavy (non-hydrogen) atoms. The Morgan fingerprint density at radius 1 is 1.24 bits per heavy atom. The third kappa shape index (κ3) is 5.84. The van der Waals surface area contributed by atoms with E-state index in [-0.39, 0.29) is 0 Å². The first-order valence-corrected chi connectivity index (χ1v) is 7.45. The van der Waals surface area contributed by atoms with Crippen molar-refractivity contribution in [2.75, 3.05) is 52.4 Å². The molecule has 1 heterocycles. The number of hydrogen-bond donors (Lipinski definition) is 1. The molecule has 3 nitrogen and oxygen atoms in total. The van der Waals surface area contributed by atoms with Crippen LogP contribution in [0.15, 0.2) is 0 Å². The molecule has 1 saturated heterocycles. The van der Waals surface area contributed by atoms with E-state index >= 15 is 0 Å².